The van der Waals surface area contributed by atoms with Crippen molar-refractivity contribution < 1.29 is 19.2 Å². The topological polar surface area (TPSA) is 98.5 Å². The molecule has 0 radical (unpaired) electrons. The number of amides is 2. The lowest BCUT2D eigenvalue weighted by molar-refractivity contribution is -0.385. The molecular weight excluding hydrogens is 276 g/mol. The van der Waals surface area contributed by atoms with E-state index in [1.807, 2.05) is 19.2 Å². The molecule has 0 spiro atoms. The highest BCUT2D eigenvalue weighted by Crippen LogP contribution is 2.19. The normalized spacial score (nSPS) is 9.81. The Labute approximate surface area is 121 Å². The summed E-state index contributed by atoms with van der Waals surface area (Å²) >= 11 is 0. The van der Waals surface area contributed by atoms with Crippen LogP contribution in [0.15, 0.2) is 18.2 Å². The summed E-state index contributed by atoms with van der Waals surface area (Å²) in [5.41, 5.74) is -0.373. The van der Waals surface area contributed by atoms with Gasteiger partial charge in [0.25, 0.3) is 11.6 Å². The van der Waals surface area contributed by atoms with E-state index >= 15 is 0 Å². The molecule has 0 bridgehead atoms. The lowest BCUT2D eigenvalue weighted by Crippen LogP contribution is -2.31. The van der Waals surface area contributed by atoms with Crippen LogP contribution in [-0.2, 0) is 4.74 Å². The number of alkyl carbamates (subject to hydrolysis) is 1. The molecule has 1 aromatic rings. The van der Waals surface area contributed by atoms with Gasteiger partial charge in [0.1, 0.15) is 5.56 Å². The van der Waals surface area contributed by atoms with Gasteiger partial charge in [-0.05, 0) is 18.1 Å². The first kappa shape index (κ1) is 16.2. The fraction of sp³-hybridized carbons (Fsp3) is 0.286. The van der Waals surface area contributed by atoms with Crippen molar-refractivity contribution in [3.63, 3.8) is 0 Å². The van der Waals surface area contributed by atoms with Crippen LogP contribution in [0.3, 0.4) is 0 Å². The number of carbonyl (C=O) groups excluding carboxylic acids is 2. The van der Waals surface area contributed by atoms with Crippen LogP contribution in [-0.4, -0.2) is 23.5 Å². The molecule has 0 unspecified atom stereocenters. The Balaban J connectivity index is 2.84. The quantitative estimate of drug-likeness (QED) is 0.520. The molecule has 1 rings (SSSR count). The summed E-state index contributed by atoms with van der Waals surface area (Å²) in [5, 5.41) is 12.8. The molecule has 110 valence electrons. The summed E-state index contributed by atoms with van der Waals surface area (Å²) in [6, 6.07) is 3.58. The van der Waals surface area contributed by atoms with Gasteiger partial charge in [0, 0.05) is 11.6 Å². The predicted octanol–water partition coefficient (Wildman–Crippen LogP) is 2.10. The molecular formula is C14H14N2O5. The molecule has 0 aromatic heterocycles. The van der Waals surface area contributed by atoms with Crippen molar-refractivity contribution in [2.24, 2.45) is 5.92 Å². The van der Waals surface area contributed by atoms with E-state index in [0.29, 0.717) is 0 Å². The standard InChI is InChI=1S/C14H14N2O5/c1-4-10-5-6-11(7-12(10)16(19)20)13(17)15-14(18)21-8-9(2)3/h1,5-7,9H,8H2,2-3H3,(H,15,17,18). The zero-order chi connectivity index (χ0) is 16.0. The number of ether oxygens (including phenoxy) is 1. The molecule has 0 saturated heterocycles. The lowest BCUT2D eigenvalue weighted by atomic mass is 10.1. The van der Waals surface area contributed by atoms with Gasteiger partial charge in [-0.25, -0.2) is 4.79 Å². The number of nitrogens with zero attached hydrogens (tertiary/aromatic N) is 1. The predicted molar refractivity (Wildman–Crippen MR) is 74.7 cm³/mol. The second kappa shape index (κ2) is 7.05. The lowest BCUT2D eigenvalue weighted by Gasteiger charge is -2.08. The summed E-state index contributed by atoms with van der Waals surface area (Å²) in [7, 11) is 0. The Kier molecular flexibility index (Phi) is 5.43. The smallest absolute Gasteiger partial charge is 0.414 e. The number of terminal acetylenes is 1. The fourth-order valence-electron chi connectivity index (χ4n) is 1.39. The second-order valence-corrected chi connectivity index (χ2v) is 4.58. The van der Waals surface area contributed by atoms with E-state index in [0.717, 1.165) is 6.07 Å². The Morgan fingerprint density at radius 2 is 2.14 bits per heavy atom. The largest absolute Gasteiger partial charge is 0.449 e. The summed E-state index contributed by atoms with van der Waals surface area (Å²) in [5.74, 6) is 1.48. The van der Waals surface area contributed by atoms with Crippen molar-refractivity contribution in [3.8, 4) is 12.3 Å². The molecule has 2 amide bonds. The average molecular weight is 290 g/mol. The molecule has 7 heteroatoms. The average Bonchev–Trinajstić information content (AvgIpc) is 2.44. The molecule has 0 aliphatic rings. The maximum Gasteiger partial charge on any atom is 0.414 e. The molecule has 21 heavy (non-hydrogen) atoms. The minimum atomic E-state index is -0.905. The molecule has 7 nitrogen and oxygen atoms in total. The maximum atomic E-state index is 11.8. The molecule has 0 atom stereocenters. The first-order valence-electron chi connectivity index (χ1n) is 6.08. The van der Waals surface area contributed by atoms with E-state index in [4.69, 9.17) is 11.2 Å². The zero-order valence-electron chi connectivity index (χ0n) is 11.6. The van der Waals surface area contributed by atoms with Gasteiger partial charge in [-0.1, -0.05) is 19.8 Å². The van der Waals surface area contributed by atoms with Crippen molar-refractivity contribution >= 4 is 17.7 Å². The minimum Gasteiger partial charge on any atom is -0.449 e. The second-order valence-electron chi connectivity index (χ2n) is 4.58. The van der Waals surface area contributed by atoms with Gasteiger partial charge in [0.15, 0.2) is 0 Å². The zero-order valence-corrected chi connectivity index (χ0v) is 11.6. The van der Waals surface area contributed by atoms with E-state index in [9.17, 15) is 19.7 Å². The fourth-order valence-corrected chi connectivity index (χ4v) is 1.39. The van der Waals surface area contributed by atoms with E-state index in [1.54, 1.807) is 0 Å². The third-order valence-electron chi connectivity index (χ3n) is 2.38. The number of rotatable bonds is 4. The molecule has 0 fully saturated rings. The number of nitro groups is 1. The van der Waals surface area contributed by atoms with Gasteiger partial charge < -0.3 is 4.74 Å². The Morgan fingerprint density at radius 1 is 1.48 bits per heavy atom. The molecule has 1 N–H and O–H groups in total. The van der Waals surface area contributed by atoms with Gasteiger partial charge >= 0.3 is 6.09 Å². The SMILES string of the molecule is C#Cc1ccc(C(=O)NC(=O)OCC(C)C)cc1[N+](=O)[O-]. The first-order chi connectivity index (χ1) is 9.85. The Hall–Kier alpha value is -2.88. The molecule has 0 saturated carbocycles. The van der Waals surface area contributed by atoms with Gasteiger partial charge in [0.2, 0.25) is 0 Å². The summed E-state index contributed by atoms with van der Waals surface area (Å²) < 4.78 is 4.78. The number of nitrogens with one attached hydrogen (secondary N) is 1. The third-order valence-corrected chi connectivity index (χ3v) is 2.38. The highest BCUT2D eigenvalue weighted by molar-refractivity contribution is 6.03. The molecule has 0 aliphatic carbocycles. The summed E-state index contributed by atoms with van der Waals surface area (Å²) in [6.45, 7) is 3.85. The van der Waals surface area contributed by atoms with Crippen LogP contribution < -0.4 is 5.32 Å². The van der Waals surface area contributed by atoms with Crippen molar-refractivity contribution in [1.82, 2.24) is 5.32 Å². The number of hydrogen-bond acceptors (Lipinski definition) is 5. The maximum absolute atomic E-state index is 11.8. The van der Waals surface area contributed by atoms with Crippen LogP contribution in [0.5, 0.6) is 0 Å². The first-order valence-corrected chi connectivity index (χ1v) is 6.08. The number of benzene rings is 1. The summed E-state index contributed by atoms with van der Waals surface area (Å²) in [4.78, 5) is 33.3. The van der Waals surface area contributed by atoms with Crippen LogP contribution in [0.1, 0.15) is 29.8 Å². The molecule has 0 heterocycles. The van der Waals surface area contributed by atoms with Crippen LogP contribution in [0.25, 0.3) is 0 Å². The number of carbonyl (C=O) groups is 2. The highest BCUT2D eigenvalue weighted by Gasteiger charge is 2.18. The van der Waals surface area contributed by atoms with Crippen molar-refractivity contribution in [2.75, 3.05) is 6.61 Å². The third kappa shape index (κ3) is 4.62. The van der Waals surface area contributed by atoms with E-state index in [1.165, 1.54) is 12.1 Å². The minimum absolute atomic E-state index is 0.0535. The van der Waals surface area contributed by atoms with Gasteiger partial charge in [-0.2, -0.15) is 0 Å². The molecule has 1 aromatic carbocycles. The van der Waals surface area contributed by atoms with Crippen molar-refractivity contribution in [2.45, 2.75) is 13.8 Å². The van der Waals surface area contributed by atoms with Crippen molar-refractivity contribution in [1.29, 1.82) is 0 Å². The number of imide groups is 1. The van der Waals surface area contributed by atoms with Crippen LogP contribution in [0, 0.1) is 28.4 Å². The van der Waals surface area contributed by atoms with Gasteiger partial charge in [0.05, 0.1) is 11.5 Å². The van der Waals surface area contributed by atoms with E-state index < -0.39 is 16.9 Å². The van der Waals surface area contributed by atoms with Gasteiger partial charge in [-0.3, -0.25) is 20.2 Å². The van der Waals surface area contributed by atoms with Gasteiger partial charge in [-0.15, -0.1) is 6.42 Å². The van der Waals surface area contributed by atoms with E-state index in [2.05, 4.69) is 5.92 Å². The highest BCUT2D eigenvalue weighted by atomic mass is 16.6. The van der Waals surface area contributed by atoms with Crippen LogP contribution in [0.2, 0.25) is 0 Å². The Bertz CT molecular complexity index is 616. The van der Waals surface area contributed by atoms with Crippen molar-refractivity contribution in [3.05, 3.63) is 39.4 Å². The molecule has 0 aliphatic heterocycles. The van der Waals surface area contributed by atoms with Crippen LogP contribution in [0.4, 0.5) is 10.5 Å². The Morgan fingerprint density at radius 3 is 2.67 bits per heavy atom. The summed E-state index contributed by atoms with van der Waals surface area (Å²) in [6.07, 6.45) is 4.23. The monoisotopic (exact) mass is 290 g/mol. The van der Waals surface area contributed by atoms with Crippen LogP contribution >= 0.6 is 0 Å². The van der Waals surface area contributed by atoms with E-state index in [-0.39, 0.29) is 29.3 Å². The number of hydrogen-bond donors (Lipinski definition) is 1. The number of nitro benzene ring substituents is 1.